The number of anilines is 3. The van der Waals surface area contributed by atoms with E-state index >= 15 is 0 Å². The van der Waals surface area contributed by atoms with Crippen LogP contribution in [0.15, 0.2) is 55.0 Å². The maximum atomic E-state index is 13.1. The summed E-state index contributed by atoms with van der Waals surface area (Å²) in [5, 5.41) is 11.0. The van der Waals surface area contributed by atoms with Crippen LogP contribution in [0.4, 0.5) is 17.2 Å². The van der Waals surface area contributed by atoms with Gasteiger partial charge in [-0.05, 0) is 55.2 Å². The molecule has 1 amide bonds. The number of hydrogen-bond donors (Lipinski definition) is 2. The van der Waals surface area contributed by atoms with Crippen LogP contribution < -0.4 is 15.1 Å². The Kier molecular flexibility index (Phi) is 6.21. The fraction of sp³-hybridized carbons (Fsp3) is 0.333. The number of nitrogens with zero attached hydrogens (tertiary/aromatic N) is 5. The van der Waals surface area contributed by atoms with E-state index in [0.29, 0.717) is 11.4 Å². The Bertz CT molecular complexity index is 1360. The van der Waals surface area contributed by atoms with Gasteiger partial charge in [-0.3, -0.25) is 14.9 Å². The number of aromatic amines is 1. The zero-order valence-corrected chi connectivity index (χ0v) is 20.1. The second-order valence-corrected chi connectivity index (χ2v) is 9.27. The molecule has 184 valence electrons. The number of hydrogen-bond acceptors (Lipinski definition) is 7. The quantitative estimate of drug-likeness (QED) is 0.441. The van der Waals surface area contributed by atoms with Gasteiger partial charge in [0.25, 0.3) is 5.91 Å². The molecule has 2 saturated heterocycles. The summed E-state index contributed by atoms with van der Waals surface area (Å²) in [5.74, 6) is 0.682. The molecule has 0 aliphatic carbocycles. The number of H-pyrrole nitrogens is 1. The van der Waals surface area contributed by atoms with Crippen LogP contribution in [-0.4, -0.2) is 65.5 Å². The van der Waals surface area contributed by atoms with Crippen LogP contribution in [-0.2, 0) is 4.74 Å². The van der Waals surface area contributed by atoms with Gasteiger partial charge in [0.2, 0.25) is 0 Å². The highest BCUT2D eigenvalue weighted by molar-refractivity contribution is 6.11. The third kappa shape index (κ3) is 4.61. The molecule has 2 fully saturated rings. The van der Waals surface area contributed by atoms with Crippen LogP contribution >= 0.6 is 0 Å². The summed E-state index contributed by atoms with van der Waals surface area (Å²) in [5.41, 5.74) is 4.85. The van der Waals surface area contributed by atoms with Crippen molar-refractivity contribution in [3.8, 4) is 11.1 Å². The summed E-state index contributed by atoms with van der Waals surface area (Å²) in [6.07, 6.45) is 9.11. The van der Waals surface area contributed by atoms with E-state index in [-0.39, 0.29) is 5.91 Å². The maximum absolute atomic E-state index is 13.1. The molecule has 0 bridgehead atoms. The molecular weight excluding hydrogens is 454 g/mol. The first-order valence-corrected chi connectivity index (χ1v) is 12.5. The molecule has 3 aromatic heterocycles. The van der Waals surface area contributed by atoms with E-state index in [9.17, 15) is 4.79 Å². The van der Waals surface area contributed by atoms with E-state index in [1.54, 1.807) is 6.20 Å². The van der Waals surface area contributed by atoms with Gasteiger partial charge < -0.3 is 19.9 Å². The Morgan fingerprint density at radius 1 is 0.889 bits per heavy atom. The lowest BCUT2D eigenvalue weighted by molar-refractivity contribution is 0.102. The highest BCUT2D eigenvalue weighted by atomic mass is 16.5. The van der Waals surface area contributed by atoms with Crippen LogP contribution in [0, 0.1) is 0 Å². The number of carbonyl (C=O) groups excluding carboxylic acids is 1. The molecule has 2 N–H and O–H groups in total. The summed E-state index contributed by atoms with van der Waals surface area (Å²) in [7, 11) is 0. The summed E-state index contributed by atoms with van der Waals surface area (Å²) in [4.78, 5) is 26.7. The second kappa shape index (κ2) is 9.94. The number of carbonyl (C=O) groups is 1. The van der Waals surface area contributed by atoms with E-state index < -0.39 is 0 Å². The van der Waals surface area contributed by atoms with Crippen molar-refractivity contribution < 1.29 is 9.53 Å². The van der Waals surface area contributed by atoms with E-state index in [1.807, 2.05) is 42.7 Å². The number of rotatable bonds is 5. The smallest absolute Gasteiger partial charge is 0.276 e. The van der Waals surface area contributed by atoms with Gasteiger partial charge in [-0.15, -0.1) is 0 Å². The Balaban J connectivity index is 1.22. The zero-order chi connectivity index (χ0) is 24.3. The van der Waals surface area contributed by atoms with Crippen molar-refractivity contribution in [2.75, 3.05) is 54.5 Å². The number of benzene rings is 1. The minimum absolute atomic E-state index is 0.272. The van der Waals surface area contributed by atoms with Gasteiger partial charge in [-0.25, -0.2) is 4.98 Å². The van der Waals surface area contributed by atoms with Crippen LogP contribution in [0.1, 0.15) is 29.8 Å². The largest absolute Gasteiger partial charge is 0.378 e. The Labute approximate surface area is 209 Å². The highest BCUT2D eigenvalue weighted by Gasteiger charge is 2.17. The number of pyridine rings is 2. The van der Waals surface area contributed by atoms with Crippen molar-refractivity contribution in [2.24, 2.45) is 0 Å². The molecule has 36 heavy (non-hydrogen) atoms. The highest BCUT2D eigenvalue weighted by Crippen LogP contribution is 2.28. The molecule has 1 aromatic carbocycles. The Morgan fingerprint density at radius 2 is 1.75 bits per heavy atom. The summed E-state index contributed by atoms with van der Waals surface area (Å²) in [6.45, 7) is 5.21. The Morgan fingerprint density at radius 3 is 2.56 bits per heavy atom. The van der Waals surface area contributed by atoms with Crippen LogP contribution in [0.3, 0.4) is 0 Å². The number of aromatic nitrogens is 4. The minimum Gasteiger partial charge on any atom is -0.378 e. The standard InChI is InChI=1S/C27H29N7O2/c35-27(30-21-5-7-25(29-17-21)34-8-2-1-3-9-34)26-23-15-19(4-6-24(23)31-32-26)20-14-22(18-28-16-20)33-10-12-36-13-11-33/h4-7,14-18H,1-3,8-13H2,(H,30,35)(H,31,32). The molecule has 2 aliphatic heterocycles. The number of fused-ring (bicyclic) bond motifs is 1. The number of amides is 1. The van der Waals surface area contributed by atoms with Gasteiger partial charge >= 0.3 is 0 Å². The topological polar surface area (TPSA) is 99.3 Å². The monoisotopic (exact) mass is 483 g/mol. The van der Waals surface area contributed by atoms with Crippen molar-refractivity contribution in [2.45, 2.75) is 19.3 Å². The molecule has 5 heterocycles. The molecule has 0 radical (unpaired) electrons. The normalized spacial score (nSPS) is 16.3. The average molecular weight is 484 g/mol. The molecule has 4 aromatic rings. The summed E-state index contributed by atoms with van der Waals surface area (Å²) < 4.78 is 5.47. The van der Waals surface area contributed by atoms with Gasteiger partial charge in [0.15, 0.2) is 5.69 Å². The lowest BCUT2D eigenvalue weighted by Gasteiger charge is -2.28. The zero-order valence-electron chi connectivity index (χ0n) is 20.1. The predicted molar refractivity (Wildman–Crippen MR) is 141 cm³/mol. The third-order valence-electron chi connectivity index (χ3n) is 6.90. The van der Waals surface area contributed by atoms with Gasteiger partial charge in [0, 0.05) is 43.3 Å². The second-order valence-electron chi connectivity index (χ2n) is 9.27. The van der Waals surface area contributed by atoms with E-state index in [0.717, 1.165) is 72.9 Å². The Hall–Kier alpha value is -3.98. The molecular formula is C27H29N7O2. The van der Waals surface area contributed by atoms with Crippen LogP contribution in [0.25, 0.3) is 22.0 Å². The lowest BCUT2D eigenvalue weighted by Crippen LogP contribution is -2.36. The third-order valence-corrected chi connectivity index (χ3v) is 6.90. The van der Waals surface area contributed by atoms with E-state index in [4.69, 9.17) is 4.74 Å². The maximum Gasteiger partial charge on any atom is 0.276 e. The van der Waals surface area contributed by atoms with Crippen molar-refractivity contribution in [1.29, 1.82) is 0 Å². The fourth-order valence-electron chi connectivity index (χ4n) is 4.91. The lowest BCUT2D eigenvalue weighted by atomic mass is 10.0. The number of nitrogens with one attached hydrogen (secondary N) is 2. The molecule has 2 aliphatic rings. The molecule has 0 unspecified atom stereocenters. The number of morpholine rings is 1. The van der Waals surface area contributed by atoms with Crippen molar-refractivity contribution in [1.82, 2.24) is 20.2 Å². The molecule has 0 atom stereocenters. The SMILES string of the molecule is O=C(Nc1ccc(N2CCCCC2)nc1)c1n[nH]c2ccc(-c3cncc(N4CCOCC4)c3)cc12. The predicted octanol–water partition coefficient (Wildman–Crippen LogP) is 4.10. The first kappa shape index (κ1) is 22.5. The van der Waals surface area contributed by atoms with Crippen molar-refractivity contribution >= 4 is 34.0 Å². The van der Waals surface area contributed by atoms with Crippen molar-refractivity contribution in [3.63, 3.8) is 0 Å². The summed E-state index contributed by atoms with van der Waals surface area (Å²) in [6, 6.07) is 12.0. The number of piperidine rings is 1. The fourth-order valence-corrected chi connectivity index (χ4v) is 4.91. The number of ether oxygens (including phenoxy) is 1. The molecule has 9 heteroatoms. The molecule has 6 rings (SSSR count). The van der Waals surface area contributed by atoms with Gasteiger partial charge in [-0.2, -0.15) is 5.10 Å². The molecule has 9 nitrogen and oxygen atoms in total. The summed E-state index contributed by atoms with van der Waals surface area (Å²) >= 11 is 0. The molecule has 0 saturated carbocycles. The van der Waals surface area contributed by atoms with Gasteiger partial charge in [0.1, 0.15) is 5.82 Å². The first-order chi connectivity index (χ1) is 17.7. The van der Waals surface area contributed by atoms with Gasteiger partial charge in [-0.1, -0.05) is 6.07 Å². The van der Waals surface area contributed by atoms with Crippen molar-refractivity contribution in [3.05, 3.63) is 60.7 Å². The van der Waals surface area contributed by atoms with E-state index in [1.165, 1.54) is 19.3 Å². The first-order valence-electron chi connectivity index (χ1n) is 12.5. The average Bonchev–Trinajstić information content (AvgIpc) is 3.38. The van der Waals surface area contributed by atoms with Crippen LogP contribution in [0.5, 0.6) is 0 Å². The van der Waals surface area contributed by atoms with E-state index in [2.05, 4.69) is 41.3 Å². The van der Waals surface area contributed by atoms with Gasteiger partial charge in [0.05, 0.1) is 42.5 Å². The van der Waals surface area contributed by atoms with Crippen LogP contribution in [0.2, 0.25) is 0 Å². The molecule has 0 spiro atoms. The minimum atomic E-state index is -0.272.